The van der Waals surface area contributed by atoms with E-state index < -0.39 is 6.10 Å². The maximum atomic E-state index is 9.76. The van der Waals surface area contributed by atoms with E-state index in [-0.39, 0.29) is 6.04 Å². The minimum absolute atomic E-state index is 0.182. The van der Waals surface area contributed by atoms with Crippen molar-refractivity contribution < 1.29 is 14.6 Å². The van der Waals surface area contributed by atoms with E-state index in [4.69, 9.17) is 9.47 Å². The van der Waals surface area contributed by atoms with Gasteiger partial charge in [-0.3, -0.25) is 4.98 Å². The Bertz CT molecular complexity index is 322. The van der Waals surface area contributed by atoms with Crippen LogP contribution in [-0.2, 0) is 9.47 Å². The molecule has 0 aromatic carbocycles. The summed E-state index contributed by atoms with van der Waals surface area (Å²) in [6.45, 7) is 6.60. The van der Waals surface area contributed by atoms with Crippen LogP contribution < -0.4 is 5.32 Å². The fourth-order valence-corrected chi connectivity index (χ4v) is 1.62. The topological polar surface area (TPSA) is 63.6 Å². The van der Waals surface area contributed by atoms with Gasteiger partial charge in [0.2, 0.25) is 0 Å². The molecule has 0 aliphatic heterocycles. The molecule has 1 unspecified atom stereocenters. The summed E-state index contributed by atoms with van der Waals surface area (Å²) < 4.78 is 10.5. The number of hydrogen-bond acceptors (Lipinski definition) is 5. The fraction of sp³-hybridized carbons (Fsp3) is 0.643. The Hall–Kier alpha value is -1.01. The first-order valence-electron chi connectivity index (χ1n) is 6.71. The summed E-state index contributed by atoms with van der Waals surface area (Å²) >= 11 is 0. The standard InChI is InChI=1S/C14H24N2O3/c1-3-18-8-9-19-11-14(17)10-16-12(2)13-4-6-15-7-5-13/h4-7,12,14,16-17H,3,8-11H2,1-2H3/t12-,14?/m0/s1. The highest BCUT2D eigenvalue weighted by atomic mass is 16.5. The van der Waals surface area contributed by atoms with Gasteiger partial charge in [-0.15, -0.1) is 0 Å². The molecule has 0 saturated heterocycles. The van der Waals surface area contributed by atoms with Crippen LogP contribution in [0.1, 0.15) is 25.5 Å². The van der Waals surface area contributed by atoms with Gasteiger partial charge in [-0.25, -0.2) is 0 Å². The third-order valence-corrected chi connectivity index (χ3v) is 2.75. The van der Waals surface area contributed by atoms with Crippen molar-refractivity contribution in [3.8, 4) is 0 Å². The number of hydrogen-bond donors (Lipinski definition) is 2. The minimum Gasteiger partial charge on any atom is -0.389 e. The van der Waals surface area contributed by atoms with Crippen molar-refractivity contribution in [2.75, 3.05) is 33.0 Å². The molecule has 0 radical (unpaired) electrons. The van der Waals surface area contributed by atoms with Gasteiger partial charge in [0, 0.05) is 31.6 Å². The molecule has 0 aliphatic carbocycles. The van der Waals surface area contributed by atoms with Gasteiger partial charge in [-0.1, -0.05) is 0 Å². The molecule has 19 heavy (non-hydrogen) atoms. The van der Waals surface area contributed by atoms with E-state index in [9.17, 15) is 5.11 Å². The molecule has 0 spiro atoms. The molecule has 0 amide bonds. The predicted octanol–water partition coefficient (Wildman–Crippen LogP) is 1.15. The Morgan fingerprint density at radius 3 is 2.63 bits per heavy atom. The van der Waals surface area contributed by atoms with Crippen LogP contribution in [0.5, 0.6) is 0 Å². The lowest BCUT2D eigenvalue weighted by Crippen LogP contribution is -2.32. The van der Waals surface area contributed by atoms with Crippen molar-refractivity contribution in [2.24, 2.45) is 0 Å². The zero-order chi connectivity index (χ0) is 13.9. The van der Waals surface area contributed by atoms with Crippen molar-refractivity contribution in [1.29, 1.82) is 0 Å². The van der Waals surface area contributed by atoms with Gasteiger partial charge in [0.15, 0.2) is 0 Å². The van der Waals surface area contributed by atoms with E-state index in [0.717, 1.165) is 5.56 Å². The van der Waals surface area contributed by atoms with Gasteiger partial charge in [0.05, 0.1) is 25.9 Å². The molecule has 2 N–H and O–H groups in total. The van der Waals surface area contributed by atoms with Crippen LogP contribution in [0.15, 0.2) is 24.5 Å². The summed E-state index contributed by atoms with van der Waals surface area (Å²) in [4.78, 5) is 3.98. The largest absolute Gasteiger partial charge is 0.389 e. The summed E-state index contributed by atoms with van der Waals surface area (Å²) in [5.41, 5.74) is 1.15. The summed E-state index contributed by atoms with van der Waals surface area (Å²) in [7, 11) is 0. The molecule has 0 saturated carbocycles. The number of ether oxygens (including phenoxy) is 2. The first-order chi connectivity index (χ1) is 9.24. The number of nitrogens with one attached hydrogen (secondary N) is 1. The second-order valence-corrected chi connectivity index (χ2v) is 4.34. The quantitative estimate of drug-likeness (QED) is 0.623. The van der Waals surface area contributed by atoms with Crippen molar-refractivity contribution in [3.05, 3.63) is 30.1 Å². The van der Waals surface area contributed by atoms with E-state index in [1.807, 2.05) is 19.1 Å². The van der Waals surface area contributed by atoms with E-state index in [0.29, 0.717) is 33.0 Å². The van der Waals surface area contributed by atoms with Crippen molar-refractivity contribution in [1.82, 2.24) is 10.3 Å². The number of aliphatic hydroxyl groups is 1. The van der Waals surface area contributed by atoms with Gasteiger partial charge in [0.1, 0.15) is 0 Å². The fourth-order valence-electron chi connectivity index (χ4n) is 1.62. The molecule has 1 aromatic rings. The molecule has 0 aliphatic rings. The highest BCUT2D eigenvalue weighted by Crippen LogP contribution is 2.09. The Morgan fingerprint density at radius 1 is 1.26 bits per heavy atom. The van der Waals surface area contributed by atoms with Gasteiger partial charge in [-0.2, -0.15) is 0 Å². The molecule has 1 aromatic heterocycles. The highest BCUT2D eigenvalue weighted by Gasteiger charge is 2.08. The van der Waals surface area contributed by atoms with Crippen LogP contribution >= 0.6 is 0 Å². The van der Waals surface area contributed by atoms with Crippen molar-refractivity contribution >= 4 is 0 Å². The van der Waals surface area contributed by atoms with E-state index >= 15 is 0 Å². The van der Waals surface area contributed by atoms with Gasteiger partial charge in [0.25, 0.3) is 0 Å². The van der Waals surface area contributed by atoms with Gasteiger partial charge in [-0.05, 0) is 31.5 Å². The first-order valence-corrected chi connectivity index (χ1v) is 6.71. The summed E-state index contributed by atoms with van der Waals surface area (Å²) in [6, 6.07) is 4.10. The third kappa shape index (κ3) is 7.22. The lowest BCUT2D eigenvalue weighted by molar-refractivity contribution is 0.00586. The lowest BCUT2D eigenvalue weighted by atomic mass is 10.1. The normalized spacial score (nSPS) is 14.3. The van der Waals surface area contributed by atoms with Crippen LogP contribution in [0.2, 0.25) is 0 Å². The molecule has 5 heteroatoms. The van der Waals surface area contributed by atoms with Crippen LogP contribution in [0.3, 0.4) is 0 Å². The zero-order valence-electron chi connectivity index (χ0n) is 11.7. The van der Waals surface area contributed by atoms with Crippen molar-refractivity contribution in [3.63, 3.8) is 0 Å². The highest BCUT2D eigenvalue weighted by molar-refractivity contribution is 5.13. The molecule has 2 atom stereocenters. The maximum absolute atomic E-state index is 9.76. The third-order valence-electron chi connectivity index (χ3n) is 2.75. The average molecular weight is 268 g/mol. The van der Waals surface area contributed by atoms with E-state index in [2.05, 4.69) is 17.2 Å². The van der Waals surface area contributed by atoms with Crippen LogP contribution in [-0.4, -0.2) is 49.2 Å². The Labute approximate surface area is 115 Å². The smallest absolute Gasteiger partial charge is 0.0897 e. The first kappa shape index (κ1) is 16.0. The number of pyridine rings is 1. The molecule has 0 fully saturated rings. The molecular formula is C14H24N2O3. The van der Waals surface area contributed by atoms with E-state index in [1.54, 1.807) is 12.4 Å². The zero-order valence-corrected chi connectivity index (χ0v) is 11.7. The Balaban J connectivity index is 2.11. The Kier molecular flexibility index (Phi) is 8.33. The SMILES string of the molecule is CCOCCOCC(O)CN[C@@H](C)c1ccncc1. The summed E-state index contributed by atoms with van der Waals surface area (Å²) in [6.07, 6.45) is 3.02. The van der Waals surface area contributed by atoms with Crippen molar-refractivity contribution in [2.45, 2.75) is 26.0 Å². The average Bonchev–Trinajstić information content (AvgIpc) is 2.45. The van der Waals surface area contributed by atoms with Crippen LogP contribution in [0.25, 0.3) is 0 Å². The van der Waals surface area contributed by atoms with Crippen LogP contribution in [0, 0.1) is 0 Å². The summed E-state index contributed by atoms with van der Waals surface area (Å²) in [5.74, 6) is 0. The maximum Gasteiger partial charge on any atom is 0.0897 e. The molecule has 108 valence electrons. The molecule has 0 bridgehead atoms. The van der Waals surface area contributed by atoms with Gasteiger partial charge < -0.3 is 19.9 Å². The second-order valence-electron chi connectivity index (χ2n) is 4.34. The number of rotatable bonds is 10. The monoisotopic (exact) mass is 268 g/mol. The number of aliphatic hydroxyl groups excluding tert-OH is 1. The molecule has 1 heterocycles. The number of nitrogens with zero attached hydrogens (tertiary/aromatic N) is 1. The van der Waals surface area contributed by atoms with Crippen LogP contribution in [0.4, 0.5) is 0 Å². The Morgan fingerprint density at radius 2 is 1.95 bits per heavy atom. The lowest BCUT2D eigenvalue weighted by Gasteiger charge is -2.17. The number of aromatic nitrogens is 1. The van der Waals surface area contributed by atoms with Gasteiger partial charge >= 0.3 is 0 Å². The molecular weight excluding hydrogens is 244 g/mol. The predicted molar refractivity (Wildman–Crippen MR) is 74.0 cm³/mol. The minimum atomic E-state index is -0.508. The molecule has 1 rings (SSSR count). The summed E-state index contributed by atoms with van der Waals surface area (Å²) in [5, 5.41) is 13.0. The van der Waals surface area contributed by atoms with E-state index in [1.165, 1.54) is 0 Å². The molecule has 5 nitrogen and oxygen atoms in total. The second kappa shape index (κ2) is 9.86.